The molecule has 2 aromatic rings. The Labute approximate surface area is 130 Å². The standard InChI is InChI=1S/C15H14N2O4S/c18-13(16-9-14(19)20)8-10-4-1-2-5-11(10)17-15(21)12-6-3-7-22-12/h1-7H,8-9H2,(H,16,18)(H,17,21)(H,19,20). The van der Waals surface area contributed by atoms with Crippen molar-refractivity contribution in [3.63, 3.8) is 0 Å². The zero-order chi connectivity index (χ0) is 15.9. The maximum Gasteiger partial charge on any atom is 0.322 e. The predicted octanol–water partition coefficient (Wildman–Crippen LogP) is 1.74. The van der Waals surface area contributed by atoms with Gasteiger partial charge in [-0.1, -0.05) is 24.3 Å². The number of carbonyl (C=O) groups excluding carboxylic acids is 2. The second-order valence-corrected chi connectivity index (χ2v) is 5.38. The van der Waals surface area contributed by atoms with Crippen LogP contribution < -0.4 is 10.6 Å². The van der Waals surface area contributed by atoms with Gasteiger partial charge in [0.05, 0.1) is 11.3 Å². The molecule has 0 aliphatic carbocycles. The number of rotatable bonds is 6. The Kier molecular flexibility index (Phi) is 5.26. The van der Waals surface area contributed by atoms with Crippen LogP contribution in [-0.4, -0.2) is 29.4 Å². The number of thiophene rings is 1. The summed E-state index contributed by atoms with van der Waals surface area (Å²) in [6.45, 7) is -0.428. The Bertz CT molecular complexity index is 683. The first-order valence-electron chi connectivity index (χ1n) is 6.47. The number of aliphatic carboxylic acids is 1. The largest absolute Gasteiger partial charge is 0.480 e. The van der Waals surface area contributed by atoms with Crippen LogP contribution >= 0.6 is 11.3 Å². The number of nitrogens with one attached hydrogen (secondary N) is 2. The van der Waals surface area contributed by atoms with Crippen molar-refractivity contribution in [2.24, 2.45) is 0 Å². The summed E-state index contributed by atoms with van der Waals surface area (Å²) < 4.78 is 0. The molecule has 1 aromatic carbocycles. The number of anilines is 1. The summed E-state index contributed by atoms with van der Waals surface area (Å²) in [6.07, 6.45) is -0.00578. The smallest absolute Gasteiger partial charge is 0.322 e. The van der Waals surface area contributed by atoms with Gasteiger partial charge in [-0.2, -0.15) is 0 Å². The minimum atomic E-state index is -1.10. The highest BCUT2D eigenvalue weighted by atomic mass is 32.1. The molecule has 2 rings (SSSR count). The maximum absolute atomic E-state index is 12.0. The molecule has 114 valence electrons. The molecule has 0 aliphatic heterocycles. The van der Waals surface area contributed by atoms with E-state index in [2.05, 4.69) is 10.6 Å². The van der Waals surface area contributed by atoms with Crippen LogP contribution in [0.15, 0.2) is 41.8 Å². The highest BCUT2D eigenvalue weighted by Crippen LogP contribution is 2.18. The lowest BCUT2D eigenvalue weighted by molar-refractivity contribution is -0.137. The summed E-state index contributed by atoms with van der Waals surface area (Å²) in [4.78, 5) is 34.8. The van der Waals surface area contributed by atoms with Crippen molar-refractivity contribution in [1.29, 1.82) is 0 Å². The van der Waals surface area contributed by atoms with Crippen LogP contribution in [-0.2, 0) is 16.0 Å². The SMILES string of the molecule is O=C(O)CNC(=O)Cc1ccccc1NC(=O)c1cccs1. The van der Waals surface area contributed by atoms with Gasteiger partial charge < -0.3 is 15.7 Å². The predicted molar refractivity (Wildman–Crippen MR) is 83.1 cm³/mol. The fraction of sp³-hybridized carbons (Fsp3) is 0.133. The van der Waals surface area contributed by atoms with E-state index in [1.54, 1.807) is 41.8 Å². The molecule has 22 heavy (non-hydrogen) atoms. The Morgan fingerprint density at radius 1 is 1.09 bits per heavy atom. The Morgan fingerprint density at radius 2 is 1.86 bits per heavy atom. The van der Waals surface area contributed by atoms with E-state index in [-0.39, 0.29) is 12.3 Å². The Hall–Kier alpha value is -2.67. The van der Waals surface area contributed by atoms with Crippen LogP contribution in [0.2, 0.25) is 0 Å². The average molecular weight is 318 g/mol. The number of amides is 2. The summed E-state index contributed by atoms with van der Waals surface area (Å²) in [5.41, 5.74) is 1.15. The lowest BCUT2D eigenvalue weighted by atomic mass is 10.1. The van der Waals surface area contributed by atoms with Crippen LogP contribution in [0.3, 0.4) is 0 Å². The van der Waals surface area contributed by atoms with Crippen LogP contribution in [0.4, 0.5) is 5.69 Å². The molecule has 0 radical (unpaired) electrons. The molecule has 0 saturated heterocycles. The van der Waals surface area contributed by atoms with E-state index in [9.17, 15) is 14.4 Å². The highest BCUT2D eigenvalue weighted by Gasteiger charge is 2.12. The quantitative estimate of drug-likeness (QED) is 0.756. The maximum atomic E-state index is 12.0. The third kappa shape index (κ3) is 4.42. The molecular formula is C15H14N2O4S. The summed E-state index contributed by atoms with van der Waals surface area (Å²) in [6, 6.07) is 10.4. The highest BCUT2D eigenvalue weighted by molar-refractivity contribution is 7.12. The minimum absolute atomic E-state index is 0.00578. The average Bonchev–Trinajstić information content (AvgIpc) is 3.01. The summed E-state index contributed by atoms with van der Waals surface area (Å²) in [5.74, 6) is -1.76. The minimum Gasteiger partial charge on any atom is -0.480 e. The first-order valence-corrected chi connectivity index (χ1v) is 7.35. The molecule has 1 aromatic heterocycles. The number of carbonyl (C=O) groups is 3. The second kappa shape index (κ2) is 7.37. The zero-order valence-corrected chi connectivity index (χ0v) is 12.4. The number of carboxylic acid groups (broad SMARTS) is 1. The number of hydrogen-bond acceptors (Lipinski definition) is 4. The summed E-state index contributed by atoms with van der Waals surface area (Å²) in [5, 5.41) is 15.4. The van der Waals surface area contributed by atoms with Gasteiger partial charge in [-0.15, -0.1) is 11.3 Å². The van der Waals surface area contributed by atoms with Crippen molar-refractivity contribution in [2.75, 3.05) is 11.9 Å². The summed E-state index contributed by atoms with van der Waals surface area (Å²) >= 11 is 1.32. The van der Waals surface area contributed by atoms with Crippen molar-refractivity contribution in [3.05, 3.63) is 52.2 Å². The van der Waals surface area contributed by atoms with Crippen LogP contribution in [0, 0.1) is 0 Å². The van der Waals surface area contributed by atoms with Crippen LogP contribution in [0.5, 0.6) is 0 Å². The molecule has 0 aliphatic rings. The number of para-hydroxylation sites is 1. The van der Waals surface area contributed by atoms with Gasteiger partial charge in [0.1, 0.15) is 6.54 Å². The van der Waals surface area contributed by atoms with Gasteiger partial charge >= 0.3 is 5.97 Å². The van der Waals surface area contributed by atoms with Crippen molar-refractivity contribution < 1.29 is 19.5 Å². The topological polar surface area (TPSA) is 95.5 Å². The zero-order valence-electron chi connectivity index (χ0n) is 11.5. The van der Waals surface area contributed by atoms with E-state index in [1.807, 2.05) is 0 Å². The van der Waals surface area contributed by atoms with Gasteiger partial charge in [-0.05, 0) is 23.1 Å². The molecule has 0 bridgehead atoms. The second-order valence-electron chi connectivity index (χ2n) is 4.44. The lowest BCUT2D eigenvalue weighted by Crippen LogP contribution is -2.30. The van der Waals surface area contributed by atoms with Crippen molar-refractivity contribution in [3.8, 4) is 0 Å². The normalized spacial score (nSPS) is 10.0. The van der Waals surface area contributed by atoms with Crippen molar-refractivity contribution in [1.82, 2.24) is 5.32 Å². The van der Waals surface area contributed by atoms with Gasteiger partial charge in [0, 0.05) is 5.69 Å². The van der Waals surface area contributed by atoms with E-state index in [0.717, 1.165) is 0 Å². The number of benzene rings is 1. The van der Waals surface area contributed by atoms with E-state index in [0.29, 0.717) is 16.1 Å². The van der Waals surface area contributed by atoms with E-state index < -0.39 is 18.4 Å². The molecule has 6 nitrogen and oxygen atoms in total. The van der Waals surface area contributed by atoms with E-state index in [4.69, 9.17) is 5.11 Å². The van der Waals surface area contributed by atoms with E-state index in [1.165, 1.54) is 11.3 Å². The fourth-order valence-electron chi connectivity index (χ4n) is 1.80. The molecule has 0 fully saturated rings. The third-order valence-corrected chi connectivity index (χ3v) is 3.67. The first kappa shape index (κ1) is 15.7. The molecule has 0 unspecified atom stereocenters. The van der Waals surface area contributed by atoms with Crippen LogP contribution in [0.1, 0.15) is 15.2 Å². The third-order valence-electron chi connectivity index (χ3n) is 2.80. The van der Waals surface area contributed by atoms with Crippen molar-refractivity contribution in [2.45, 2.75) is 6.42 Å². The molecule has 7 heteroatoms. The molecule has 0 saturated carbocycles. The van der Waals surface area contributed by atoms with Crippen molar-refractivity contribution >= 4 is 34.8 Å². The molecular weight excluding hydrogens is 304 g/mol. The van der Waals surface area contributed by atoms with Gasteiger partial charge in [0.25, 0.3) is 5.91 Å². The monoisotopic (exact) mass is 318 g/mol. The summed E-state index contributed by atoms with van der Waals surface area (Å²) in [7, 11) is 0. The van der Waals surface area contributed by atoms with Gasteiger partial charge in [0.15, 0.2) is 0 Å². The fourth-order valence-corrected chi connectivity index (χ4v) is 2.42. The van der Waals surface area contributed by atoms with Gasteiger partial charge in [-0.25, -0.2) is 0 Å². The number of hydrogen-bond donors (Lipinski definition) is 3. The molecule has 1 heterocycles. The van der Waals surface area contributed by atoms with Gasteiger partial charge in [0.2, 0.25) is 5.91 Å². The van der Waals surface area contributed by atoms with Gasteiger partial charge in [-0.3, -0.25) is 14.4 Å². The van der Waals surface area contributed by atoms with E-state index >= 15 is 0 Å². The molecule has 0 atom stereocenters. The molecule has 2 amide bonds. The lowest BCUT2D eigenvalue weighted by Gasteiger charge is -2.10. The van der Waals surface area contributed by atoms with Crippen LogP contribution in [0.25, 0.3) is 0 Å². The first-order chi connectivity index (χ1) is 10.6. The number of carboxylic acids is 1. The Morgan fingerprint density at radius 3 is 2.55 bits per heavy atom. The molecule has 3 N–H and O–H groups in total. The Balaban J connectivity index is 2.05. The molecule has 0 spiro atoms.